The second-order valence-electron chi connectivity index (χ2n) is 5.90. The van der Waals surface area contributed by atoms with Crippen molar-refractivity contribution in [3.63, 3.8) is 0 Å². The Kier molecular flexibility index (Phi) is 8.45. The standard InChI is InChI=1S/C12F23N/c13-1(3(15)16)5(19,20)36(6(21,22)2(14)4(17)18)12(34,35)10(29,30)8(25,26)7(23,24)9(27,28)11(31,32)33. The molecule has 0 bridgehead atoms. The van der Waals surface area contributed by atoms with E-state index in [0.717, 1.165) is 0 Å². The Labute approximate surface area is 179 Å². The average Bonchev–Trinajstić information content (AvgIpc) is 2.63. The van der Waals surface area contributed by atoms with E-state index in [1.165, 1.54) is 0 Å². The summed E-state index contributed by atoms with van der Waals surface area (Å²) in [5.41, 5.74) is 0. The third-order valence-electron chi connectivity index (χ3n) is 3.62. The van der Waals surface area contributed by atoms with Gasteiger partial charge in [0.25, 0.3) is 11.7 Å². The number of rotatable bonds is 9. The first-order chi connectivity index (χ1) is 15.3. The van der Waals surface area contributed by atoms with Crippen LogP contribution in [0.4, 0.5) is 101 Å². The first-order valence-corrected chi connectivity index (χ1v) is 7.27. The lowest BCUT2D eigenvalue weighted by atomic mass is 9.95. The highest BCUT2D eigenvalue weighted by atomic mass is 19.4. The van der Waals surface area contributed by atoms with Crippen molar-refractivity contribution in [3.05, 3.63) is 23.8 Å². The molecule has 0 saturated heterocycles. The molecular weight excluding hydrogens is 595 g/mol. The Bertz CT molecular complexity index is 845. The van der Waals surface area contributed by atoms with E-state index in [2.05, 4.69) is 0 Å². The highest BCUT2D eigenvalue weighted by Crippen LogP contribution is 2.63. The van der Waals surface area contributed by atoms with Crippen LogP contribution >= 0.6 is 0 Å². The zero-order valence-corrected chi connectivity index (χ0v) is 15.1. The van der Waals surface area contributed by atoms with Crippen molar-refractivity contribution >= 4 is 0 Å². The second-order valence-corrected chi connectivity index (χ2v) is 5.90. The molecule has 1 nitrogen and oxygen atoms in total. The van der Waals surface area contributed by atoms with Gasteiger partial charge >= 0.3 is 60.2 Å². The topological polar surface area (TPSA) is 3.24 Å². The molecule has 36 heavy (non-hydrogen) atoms. The summed E-state index contributed by atoms with van der Waals surface area (Å²) in [7, 11) is 0. The van der Waals surface area contributed by atoms with Gasteiger partial charge < -0.3 is 0 Å². The quantitative estimate of drug-likeness (QED) is 0.192. The van der Waals surface area contributed by atoms with Gasteiger partial charge in [-0.1, -0.05) is 0 Å². The van der Waals surface area contributed by atoms with E-state index in [1.54, 1.807) is 0 Å². The normalized spacial score (nSPS) is 15.3. The third kappa shape index (κ3) is 4.63. The van der Waals surface area contributed by atoms with Crippen LogP contribution in [0.25, 0.3) is 0 Å². The molecule has 0 amide bonds. The van der Waals surface area contributed by atoms with Gasteiger partial charge in [-0.05, 0) is 0 Å². The summed E-state index contributed by atoms with van der Waals surface area (Å²) < 4.78 is 297. The largest absolute Gasteiger partial charge is 0.460 e. The molecule has 0 heterocycles. The van der Waals surface area contributed by atoms with E-state index in [9.17, 15) is 101 Å². The first-order valence-electron chi connectivity index (χ1n) is 7.27. The van der Waals surface area contributed by atoms with E-state index in [-0.39, 0.29) is 0 Å². The average molecular weight is 595 g/mol. The van der Waals surface area contributed by atoms with Gasteiger partial charge in [-0.15, -0.1) is 4.90 Å². The van der Waals surface area contributed by atoms with Crippen LogP contribution in [0.2, 0.25) is 0 Å². The van der Waals surface area contributed by atoms with Crippen LogP contribution in [0.1, 0.15) is 0 Å². The minimum absolute atomic E-state index is 4.83. The van der Waals surface area contributed by atoms with Crippen molar-refractivity contribution in [3.8, 4) is 0 Å². The van der Waals surface area contributed by atoms with Crippen molar-refractivity contribution in [2.45, 2.75) is 48.0 Å². The van der Waals surface area contributed by atoms with Crippen molar-refractivity contribution in [1.29, 1.82) is 0 Å². The molecule has 0 rings (SSSR count). The van der Waals surface area contributed by atoms with Gasteiger partial charge in [0.05, 0.1) is 0 Å². The van der Waals surface area contributed by atoms with Gasteiger partial charge in [-0.3, -0.25) is 0 Å². The number of nitrogens with zero attached hydrogens (tertiary/aromatic N) is 1. The Morgan fingerprint density at radius 1 is 0.361 bits per heavy atom. The molecule has 0 aromatic heterocycles. The second kappa shape index (κ2) is 8.99. The minimum Gasteiger partial charge on any atom is -0.197 e. The zero-order valence-electron chi connectivity index (χ0n) is 15.1. The van der Waals surface area contributed by atoms with E-state index in [0.29, 0.717) is 0 Å². The maximum absolute atomic E-state index is 13.8. The van der Waals surface area contributed by atoms with Crippen molar-refractivity contribution in [2.24, 2.45) is 0 Å². The van der Waals surface area contributed by atoms with Crippen LogP contribution in [0, 0.1) is 0 Å². The highest BCUT2D eigenvalue weighted by Gasteiger charge is 2.93. The van der Waals surface area contributed by atoms with Crippen LogP contribution < -0.4 is 0 Å². The Hall–Kier alpha value is -2.17. The van der Waals surface area contributed by atoms with Gasteiger partial charge in [0, 0.05) is 0 Å². The molecular formula is C12F23N. The fourth-order valence-electron chi connectivity index (χ4n) is 1.85. The maximum Gasteiger partial charge on any atom is 0.460 e. The minimum atomic E-state index is -9.22. The van der Waals surface area contributed by atoms with E-state index < -0.39 is 76.7 Å². The van der Waals surface area contributed by atoms with Crippen molar-refractivity contribution < 1.29 is 101 Å². The summed E-state index contributed by atoms with van der Waals surface area (Å²) in [6.07, 6.45) is -17.7. The molecule has 0 aromatic carbocycles. The third-order valence-corrected chi connectivity index (χ3v) is 3.62. The van der Waals surface area contributed by atoms with Crippen molar-refractivity contribution in [2.75, 3.05) is 0 Å². The van der Waals surface area contributed by atoms with E-state index >= 15 is 0 Å². The Morgan fingerprint density at radius 3 is 0.833 bits per heavy atom. The molecule has 0 aromatic rings. The molecule has 0 aliphatic carbocycles. The fourth-order valence-corrected chi connectivity index (χ4v) is 1.85. The van der Waals surface area contributed by atoms with Gasteiger partial charge in [0.15, 0.2) is 0 Å². The summed E-state index contributed by atoms with van der Waals surface area (Å²) in [4.78, 5) is -4.92. The fraction of sp³-hybridized carbons (Fsp3) is 0.667. The van der Waals surface area contributed by atoms with Gasteiger partial charge in [-0.25, -0.2) is 0 Å². The molecule has 0 spiro atoms. The highest BCUT2D eigenvalue weighted by molar-refractivity contribution is 5.17. The van der Waals surface area contributed by atoms with E-state index in [1.807, 2.05) is 0 Å². The molecule has 0 saturated carbocycles. The molecule has 0 unspecified atom stereocenters. The van der Waals surface area contributed by atoms with Crippen LogP contribution in [-0.2, 0) is 0 Å². The summed E-state index contributed by atoms with van der Waals surface area (Å²) >= 11 is 0. The molecule has 0 radical (unpaired) electrons. The summed E-state index contributed by atoms with van der Waals surface area (Å²) in [5.74, 6) is -46.2. The van der Waals surface area contributed by atoms with Crippen LogP contribution in [0.15, 0.2) is 23.8 Å². The lowest BCUT2D eigenvalue weighted by Gasteiger charge is -2.45. The van der Waals surface area contributed by atoms with Crippen LogP contribution in [0.5, 0.6) is 0 Å². The number of hydrogen-bond acceptors (Lipinski definition) is 1. The van der Waals surface area contributed by atoms with Gasteiger partial charge in [-0.2, -0.15) is 101 Å². The van der Waals surface area contributed by atoms with Crippen molar-refractivity contribution in [1.82, 2.24) is 4.90 Å². The zero-order chi connectivity index (χ0) is 29.9. The Balaban J connectivity index is 7.66. The molecule has 0 atom stereocenters. The molecule has 0 N–H and O–H groups in total. The van der Waals surface area contributed by atoms with Gasteiger partial charge in [0.1, 0.15) is 0 Å². The van der Waals surface area contributed by atoms with Gasteiger partial charge in [0.2, 0.25) is 0 Å². The molecule has 214 valence electrons. The number of hydrogen-bond donors (Lipinski definition) is 0. The monoisotopic (exact) mass is 595 g/mol. The lowest BCUT2D eigenvalue weighted by molar-refractivity contribution is -0.474. The summed E-state index contributed by atoms with van der Waals surface area (Å²) in [6.45, 7) is 0. The number of halogens is 23. The molecule has 0 aliphatic rings. The smallest absolute Gasteiger partial charge is 0.197 e. The van der Waals surface area contributed by atoms with Crippen LogP contribution in [-0.4, -0.2) is 52.9 Å². The molecule has 0 fully saturated rings. The number of alkyl halides is 17. The predicted octanol–water partition coefficient (Wildman–Crippen LogP) is 8.33. The predicted molar refractivity (Wildman–Crippen MR) is 63.2 cm³/mol. The SMILES string of the molecule is FC(F)=C(F)C(F)(F)N(C(F)(F)C(F)=C(F)F)C(F)(F)C(F)(F)C(F)(F)C(F)(F)C(F)(F)C(F)(F)F. The Morgan fingerprint density at radius 2 is 0.611 bits per heavy atom. The first kappa shape index (κ1) is 33.8. The molecule has 0 aliphatic heterocycles. The summed E-state index contributed by atoms with van der Waals surface area (Å²) in [6, 6.07) is -25.2. The lowest BCUT2D eigenvalue weighted by Crippen LogP contribution is -2.76. The van der Waals surface area contributed by atoms with Crippen LogP contribution in [0.3, 0.4) is 0 Å². The molecule has 24 heteroatoms. The van der Waals surface area contributed by atoms with E-state index in [4.69, 9.17) is 0 Å². The maximum atomic E-state index is 13.8. The summed E-state index contributed by atoms with van der Waals surface area (Å²) in [5, 5.41) is 0.